The Morgan fingerprint density at radius 2 is 1.41 bits per heavy atom. The minimum Gasteiger partial charge on any atom is -0.326 e. The number of carbonyl (C=O) groups excluding carboxylic acids is 2. The van der Waals surface area contributed by atoms with Crippen LogP contribution in [0.3, 0.4) is 0 Å². The molecule has 0 atom stereocenters. The summed E-state index contributed by atoms with van der Waals surface area (Å²) in [6.07, 6.45) is -4.70. The second kappa shape index (κ2) is 8.18. The molecule has 3 rings (SSSR count). The molecule has 0 aliphatic rings. The molecule has 4 nitrogen and oxygen atoms in total. The van der Waals surface area contributed by atoms with Crippen LogP contribution in [-0.4, -0.2) is 11.8 Å². The van der Waals surface area contributed by atoms with Crippen molar-refractivity contribution in [2.75, 3.05) is 10.6 Å². The van der Waals surface area contributed by atoms with Gasteiger partial charge >= 0.3 is 6.18 Å². The van der Waals surface area contributed by atoms with E-state index in [9.17, 15) is 22.8 Å². The van der Waals surface area contributed by atoms with Crippen LogP contribution in [0.15, 0.2) is 72.8 Å². The number of hydrogen-bond acceptors (Lipinski definition) is 2. The van der Waals surface area contributed by atoms with E-state index in [1.165, 1.54) is 13.0 Å². The molecule has 0 aromatic heterocycles. The molecule has 3 aromatic carbocycles. The zero-order valence-corrected chi connectivity index (χ0v) is 15.4. The Balaban J connectivity index is 1.83. The molecule has 0 saturated carbocycles. The third kappa shape index (κ3) is 5.01. The highest BCUT2D eigenvalue weighted by molar-refractivity contribution is 6.05. The third-order valence-electron chi connectivity index (χ3n) is 4.15. The van der Waals surface area contributed by atoms with E-state index in [1.807, 2.05) is 30.3 Å². The minimum atomic E-state index is -4.70. The Kier molecular flexibility index (Phi) is 5.68. The number of anilines is 2. The monoisotopic (exact) mass is 398 g/mol. The van der Waals surface area contributed by atoms with Gasteiger partial charge in [0.2, 0.25) is 5.91 Å². The second-order valence-corrected chi connectivity index (χ2v) is 6.34. The van der Waals surface area contributed by atoms with Gasteiger partial charge in [0.25, 0.3) is 5.91 Å². The SMILES string of the molecule is CC(=O)Nc1ccc(NC(=O)c2ccc(-c3ccccc3)cc2)c(C(F)(F)F)c1. The number of nitrogens with one attached hydrogen (secondary N) is 2. The predicted molar refractivity (Wildman–Crippen MR) is 106 cm³/mol. The van der Waals surface area contributed by atoms with Crippen LogP contribution in [0.25, 0.3) is 11.1 Å². The number of hydrogen-bond donors (Lipinski definition) is 2. The molecule has 0 spiro atoms. The second-order valence-electron chi connectivity index (χ2n) is 6.34. The molecule has 148 valence electrons. The minimum absolute atomic E-state index is 0.00459. The van der Waals surface area contributed by atoms with E-state index in [0.717, 1.165) is 23.3 Å². The fourth-order valence-corrected chi connectivity index (χ4v) is 2.81. The van der Waals surface area contributed by atoms with Crippen molar-refractivity contribution in [1.29, 1.82) is 0 Å². The standard InChI is InChI=1S/C22H17F3N2O2/c1-14(28)26-18-11-12-20(19(13-18)22(23,24)25)27-21(29)17-9-7-16(8-10-17)15-5-3-2-4-6-15/h2-13H,1H3,(H,26,28)(H,27,29). The largest absolute Gasteiger partial charge is 0.418 e. The van der Waals surface area contributed by atoms with Gasteiger partial charge in [0.1, 0.15) is 0 Å². The van der Waals surface area contributed by atoms with Crippen molar-refractivity contribution < 1.29 is 22.8 Å². The van der Waals surface area contributed by atoms with E-state index in [2.05, 4.69) is 10.6 Å². The normalized spacial score (nSPS) is 11.0. The molecular weight excluding hydrogens is 381 g/mol. The molecule has 0 aliphatic heterocycles. The molecule has 29 heavy (non-hydrogen) atoms. The average molecular weight is 398 g/mol. The van der Waals surface area contributed by atoms with Crippen LogP contribution >= 0.6 is 0 Å². The first kappa shape index (κ1) is 20.1. The van der Waals surface area contributed by atoms with Gasteiger partial charge in [-0.1, -0.05) is 42.5 Å². The van der Waals surface area contributed by atoms with E-state index in [0.29, 0.717) is 0 Å². The van der Waals surface area contributed by atoms with Gasteiger partial charge in [-0.25, -0.2) is 0 Å². The Morgan fingerprint density at radius 3 is 2.00 bits per heavy atom. The zero-order chi connectivity index (χ0) is 21.0. The van der Waals surface area contributed by atoms with Gasteiger partial charge in [-0.3, -0.25) is 9.59 Å². The van der Waals surface area contributed by atoms with Gasteiger partial charge in [-0.05, 0) is 41.5 Å². The fraction of sp³-hybridized carbons (Fsp3) is 0.0909. The molecular formula is C22H17F3N2O2. The summed E-state index contributed by atoms with van der Waals surface area (Å²) in [4.78, 5) is 23.5. The predicted octanol–water partition coefficient (Wildman–Crippen LogP) is 5.58. The molecule has 0 saturated heterocycles. The summed E-state index contributed by atoms with van der Waals surface area (Å²) < 4.78 is 40.2. The van der Waals surface area contributed by atoms with Crippen LogP contribution in [0.5, 0.6) is 0 Å². The van der Waals surface area contributed by atoms with Crippen LogP contribution in [0.1, 0.15) is 22.8 Å². The quantitative estimate of drug-likeness (QED) is 0.603. The molecule has 0 radical (unpaired) electrons. The summed E-state index contributed by atoms with van der Waals surface area (Å²) in [6.45, 7) is 1.20. The summed E-state index contributed by atoms with van der Waals surface area (Å²) in [5, 5.41) is 4.60. The van der Waals surface area contributed by atoms with Gasteiger partial charge in [-0.15, -0.1) is 0 Å². The van der Waals surface area contributed by atoms with Crippen LogP contribution in [0, 0.1) is 0 Å². The molecule has 0 fully saturated rings. The summed E-state index contributed by atoms with van der Waals surface area (Å²) in [6, 6.07) is 19.3. The van der Waals surface area contributed by atoms with Crippen molar-refractivity contribution in [3.63, 3.8) is 0 Å². The Morgan fingerprint density at radius 1 is 0.793 bits per heavy atom. The fourth-order valence-electron chi connectivity index (χ4n) is 2.81. The first-order valence-corrected chi connectivity index (χ1v) is 8.70. The van der Waals surface area contributed by atoms with Crippen LogP contribution < -0.4 is 10.6 Å². The van der Waals surface area contributed by atoms with Crippen LogP contribution in [0.2, 0.25) is 0 Å². The van der Waals surface area contributed by atoms with Gasteiger partial charge in [-0.2, -0.15) is 13.2 Å². The first-order chi connectivity index (χ1) is 13.7. The average Bonchev–Trinajstić information content (AvgIpc) is 2.68. The molecule has 0 heterocycles. The topological polar surface area (TPSA) is 58.2 Å². The third-order valence-corrected chi connectivity index (χ3v) is 4.15. The zero-order valence-electron chi connectivity index (χ0n) is 15.4. The number of benzene rings is 3. The van der Waals surface area contributed by atoms with Crippen LogP contribution in [0.4, 0.5) is 24.5 Å². The molecule has 0 bridgehead atoms. The molecule has 3 aromatic rings. The van der Waals surface area contributed by atoms with E-state index in [-0.39, 0.29) is 16.9 Å². The molecule has 0 unspecified atom stereocenters. The molecule has 7 heteroatoms. The van der Waals surface area contributed by atoms with Crippen molar-refractivity contribution >= 4 is 23.2 Å². The van der Waals surface area contributed by atoms with Gasteiger partial charge in [0, 0.05) is 18.2 Å². The van der Waals surface area contributed by atoms with Crippen molar-refractivity contribution in [2.24, 2.45) is 0 Å². The highest BCUT2D eigenvalue weighted by atomic mass is 19.4. The molecule has 2 amide bonds. The maximum Gasteiger partial charge on any atom is 0.418 e. The van der Waals surface area contributed by atoms with Crippen LogP contribution in [-0.2, 0) is 11.0 Å². The number of halogens is 3. The van der Waals surface area contributed by atoms with Crippen molar-refractivity contribution in [3.05, 3.63) is 83.9 Å². The van der Waals surface area contributed by atoms with Crippen molar-refractivity contribution in [1.82, 2.24) is 0 Å². The lowest BCUT2D eigenvalue weighted by molar-refractivity contribution is -0.137. The summed E-state index contributed by atoms with van der Waals surface area (Å²) >= 11 is 0. The smallest absolute Gasteiger partial charge is 0.326 e. The maximum absolute atomic E-state index is 13.4. The van der Waals surface area contributed by atoms with E-state index >= 15 is 0 Å². The van der Waals surface area contributed by atoms with Gasteiger partial charge in [0.15, 0.2) is 0 Å². The number of carbonyl (C=O) groups is 2. The lowest BCUT2D eigenvalue weighted by atomic mass is 10.0. The van der Waals surface area contributed by atoms with E-state index in [4.69, 9.17) is 0 Å². The lowest BCUT2D eigenvalue weighted by Crippen LogP contribution is -2.17. The number of amides is 2. The highest BCUT2D eigenvalue weighted by Crippen LogP contribution is 2.37. The first-order valence-electron chi connectivity index (χ1n) is 8.70. The van der Waals surface area contributed by atoms with Gasteiger partial charge < -0.3 is 10.6 Å². The Hall–Kier alpha value is -3.61. The maximum atomic E-state index is 13.4. The Bertz CT molecular complexity index is 1030. The van der Waals surface area contributed by atoms with E-state index in [1.54, 1.807) is 24.3 Å². The number of alkyl halides is 3. The molecule has 0 aliphatic carbocycles. The lowest BCUT2D eigenvalue weighted by Gasteiger charge is -2.15. The summed E-state index contributed by atoms with van der Waals surface area (Å²) in [5.74, 6) is -1.16. The number of rotatable bonds is 4. The van der Waals surface area contributed by atoms with Gasteiger partial charge in [0.05, 0.1) is 11.3 Å². The Labute approximate surface area is 165 Å². The summed E-state index contributed by atoms with van der Waals surface area (Å²) in [7, 11) is 0. The van der Waals surface area contributed by atoms with E-state index < -0.39 is 23.6 Å². The van der Waals surface area contributed by atoms with Crippen molar-refractivity contribution in [2.45, 2.75) is 13.1 Å². The highest BCUT2D eigenvalue weighted by Gasteiger charge is 2.34. The summed E-state index contributed by atoms with van der Waals surface area (Å²) in [5.41, 5.74) is 0.644. The molecule has 2 N–H and O–H groups in total. The van der Waals surface area contributed by atoms with Crippen molar-refractivity contribution in [3.8, 4) is 11.1 Å².